The molecule has 0 saturated carbocycles. The third kappa shape index (κ3) is 2.30. The number of aryl methyl sites for hydroxylation is 2. The summed E-state index contributed by atoms with van der Waals surface area (Å²) < 4.78 is 0. The van der Waals surface area contributed by atoms with Crippen molar-refractivity contribution in [3.05, 3.63) is 58.1 Å². The van der Waals surface area contributed by atoms with Gasteiger partial charge in [0.1, 0.15) is 0 Å². The topological polar surface area (TPSA) is 49.4 Å². The summed E-state index contributed by atoms with van der Waals surface area (Å²) in [5.74, 6) is 0.0391. The Hall–Kier alpha value is -2.62. The molecule has 0 spiro atoms. The molecule has 0 fully saturated rings. The van der Waals surface area contributed by atoms with Crippen molar-refractivity contribution < 1.29 is 9.59 Å². The lowest BCUT2D eigenvalue weighted by atomic mass is 9.96. The highest BCUT2D eigenvalue weighted by Crippen LogP contribution is 2.37. The molecule has 2 amide bonds. The number of rotatable bonds is 2. The zero-order chi connectivity index (χ0) is 16.8. The summed E-state index contributed by atoms with van der Waals surface area (Å²) in [5.41, 5.74) is 6.87. The van der Waals surface area contributed by atoms with Gasteiger partial charge in [0.25, 0.3) is 5.91 Å². The van der Waals surface area contributed by atoms with Gasteiger partial charge in [0.2, 0.25) is 5.91 Å². The number of benzene rings is 2. The smallest absolute Gasteiger partial charge is 0.255 e. The van der Waals surface area contributed by atoms with Crippen LogP contribution in [0.5, 0.6) is 0 Å². The van der Waals surface area contributed by atoms with Crippen molar-refractivity contribution in [1.29, 1.82) is 0 Å². The minimum atomic E-state index is -0.112. The summed E-state index contributed by atoms with van der Waals surface area (Å²) in [6, 6.07) is 9.72. The van der Waals surface area contributed by atoms with E-state index in [1.54, 1.807) is 0 Å². The maximum absolute atomic E-state index is 12.7. The molecule has 2 aromatic rings. The second-order valence-corrected chi connectivity index (χ2v) is 6.67. The molecule has 0 aliphatic carbocycles. The van der Waals surface area contributed by atoms with Gasteiger partial charge in [-0.25, -0.2) is 0 Å². The Bertz CT molecular complexity index is 870. The highest BCUT2D eigenvalue weighted by molar-refractivity contribution is 6.08. The van der Waals surface area contributed by atoms with Crippen LogP contribution in [0.2, 0.25) is 0 Å². The van der Waals surface area contributed by atoms with Gasteiger partial charge in [-0.1, -0.05) is 12.1 Å². The highest BCUT2D eigenvalue weighted by Gasteiger charge is 2.32. The first-order valence-corrected chi connectivity index (χ1v) is 8.38. The predicted molar refractivity (Wildman–Crippen MR) is 94.7 cm³/mol. The molecule has 24 heavy (non-hydrogen) atoms. The number of amides is 2. The Balaban J connectivity index is 1.68. The Morgan fingerprint density at radius 3 is 2.79 bits per heavy atom. The standard InChI is InChI=1S/C20H20N2O2/c1-12-5-3-7-17(13(12)2)21-20(24)16-9-14-6-4-8-22-18(23)11-15(10-16)19(14)22/h3,5,7,9-10H,4,6,8,11H2,1-2H3,(H,21,24). The normalized spacial score (nSPS) is 15.4. The minimum Gasteiger partial charge on any atom is -0.322 e. The molecule has 2 heterocycles. The molecule has 0 saturated heterocycles. The molecule has 122 valence electrons. The van der Waals surface area contributed by atoms with Gasteiger partial charge in [-0.05, 0) is 67.1 Å². The molecule has 0 radical (unpaired) electrons. The molecule has 0 aromatic heterocycles. The molecule has 1 N–H and O–H groups in total. The predicted octanol–water partition coefficient (Wildman–Crippen LogP) is 3.39. The van der Waals surface area contributed by atoms with Gasteiger partial charge >= 0.3 is 0 Å². The summed E-state index contributed by atoms with van der Waals surface area (Å²) in [6.45, 7) is 4.84. The molecule has 4 rings (SSSR count). The molecule has 0 unspecified atom stereocenters. The van der Waals surface area contributed by atoms with E-state index in [1.807, 2.05) is 49.1 Å². The average molecular weight is 320 g/mol. The van der Waals surface area contributed by atoms with E-state index >= 15 is 0 Å². The van der Waals surface area contributed by atoms with Gasteiger partial charge in [-0.2, -0.15) is 0 Å². The van der Waals surface area contributed by atoms with Crippen molar-refractivity contribution in [2.45, 2.75) is 33.1 Å². The third-order valence-electron chi connectivity index (χ3n) is 5.12. The molecular formula is C20H20N2O2. The second kappa shape index (κ2) is 5.48. The molecule has 2 aliphatic rings. The lowest BCUT2D eigenvalue weighted by Crippen LogP contribution is -2.31. The largest absolute Gasteiger partial charge is 0.322 e. The molecule has 2 aromatic carbocycles. The maximum atomic E-state index is 12.7. The second-order valence-electron chi connectivity index (χ2n) is 6.67. The van der Waals surface area contributed by atoms with E-state index in [0.29, 0.717) is 12.0 Å². The Morgan fingerprint density at radius 1 is 1.17 bits per heavy atom. The van der Waals surface area contributed by atoms with Crippen molar-refractivity contribution in [1.82, 2.24) is 0 Å². The summed E-state index contributed by atoms with van der Waals surface area (Å²) in [6.07, 6.45) is 2.30. The van der Waals surface area contributed by atoms with Crippen molar-refractivity contribution >= 4 is 23.2 Å². The van der Waals surface area contributed by atoms with E-state index < -0.39 is 0 Å². The number of hydrogen-bond donors (Lipinski definition) is 1. The van der Waals surface area contributed by atoms with Gasteiger partial charge in [-0.3, -0.25) is 9.59 Å². The van der Waals surface area contributed by atoms with E-state index in [0.717, 1.165) is 53.0 Å². The first kappa shape index (κ1) is 14.9. The van der Waals surface area contributed by atoms with E-state index in [9.17, 15) is 9.59 Å². The van der Waals surface area contributed by atoms with Crippen LogP contribution in [0, 0.1) is 13.8 Å². The summed E-state index contributed by atoms with van der Waals surface area (Å²) in [4.78, 5) is 26.7. The van der Waals surface area contributed by atoms with Crippen LogP contribution in [0.4, 0.5) is 11.4 Å². The van der Waals surface area contributed by atoms with Crippen molar-refractivity contribution in [3.8, 4) is 0 Å². The van der Waals surface area contributed by atoms with E-state index in [-0.39, 0.29) is 11.8 Å². The maximum Gasteiger partial charge on any atom is 0.255 e. The van der Waals surface area contributed by atoms with Crippen LogP contribution in [-0.2, 0) is 17.6 Å². The summed E-state index contributed by atoms with van der Waals surface area (Å²) in [7, 11) is 0. The highest BCUT2D eigenvalue weighted by atomic mass is 16.2. The minimum absolute atomic E-state index is 0.112. The van der Waals surface area contributed by atoms with E-state index in [4.69, 9.17) is 0 Å². The van der Waals surface area contributed by atoms with Crippen LogP contribution in [0.1, 0.15) is 39.0 Å². The number of nitrogens with one attached hydrogen (secondary N) is 1. The number of carbonyl (C=O) groups is 2. The molecule has 0 bridgehead atoms. The van der Waals surface area contributed by atoms with Crippen molar-refractivity contribution in [2.24, 2.45) is 0 Å². The number of anilines is 2. The molecule has 4 nitrogen and oxygen atoms in total. The van der Waals surface area contributed by atoms with Gasteiger partial charge < -0.3 is 10.2 Å². The van der Waals surface area contributed by atoms with Gasteiger partial charge in [0.15, 0.2) is 0 Å². The van der Waals surface area contributed by atoms with Gasteiger partial charge in [0.05, 0.1) is 12.1 Å². The Kier molecular flexibility index (Phi) is 3.41. The van der Waals surface area contributed by atoms with Crippen LogP contribution in [0.15, 0.2) is 30.3 Å². The summed E-state index contributed by atoms with van der Waals surface area (Å²) in [5, 5.41) is 3.01. The fourth-order valence-electron chi connectivity index (χ4n) is 3.69. The molecule has 0 atom stereocenters. The number of nitrogens with zero attached hydrogens (tertiary/aromatic N) is 1. The van der Waals surface area contributed by atoms with Crippen LogP contribution in [0.25, 0.3) is 0 Å². The zero-order valence-corrected chi connectivity index (χ0v) is 14.0. The third-order valence-corrected chi connectivity index (χ3v) is 5.12. The van der Waals surface area contributed by atoms with E-state index in [1.165, 1.54) is 0 Å². The molecule has 2 aliphatic heterocycles. The average Bonchev–Trinajstić information content (AvgIpc) is 2.89. The first-order valence-electron chi connectivity index (χ1n) is 8.38. The van der Waals surface area contributed by atoms with E-state index in [2.05, 4.69) is 5.32 Å². The Morgan fingerprint density at radius 2 is 1.96 bits per heavy atom. The van der Waals surface area contributed by atoms with Gasteiger partial charge in [-0.15, -0.1) is 0 Å². The first-order chi connectivity index (χ1) is 11.5. The lowest BCUT2D eigenvalue weighted by molar-refractivity contribution is -0.117. The Labute approximate surface area is 141 Å². The lowest BCUT2D eigenvalue weighted by Gasteiger charge is -2.25. The van der Waals surface area contributed by atoms with Crippen LogP contribution < -0.4 is 10.2 Å². The van der Waals surface area contributed by atoms with Gasteiger partial charge in [0, 0.05) is 17.8 Å². The monoisotopic (exact) mass is 320 g/mol. The summed E-state index contributed by atoms with van der Waals surface area (Å²) >= 11 is 0. The van der Waals surface area contributed by atoms with Crippen LogP contribution in [-0.4, -0.2) is 18.4 Å². The quantitative estimate of drug-likeness (QED) is 0.922. The van der Waals surface area contributed by atoms with Crippen molar-refractivity contribution in [3.63, 3.8) is 0 Å². The van der Waals surface area contributed by atoms with Crippen molar-refractivity contribution in [2.75, 3.05) is 16.8 Å². The fraction of sp³-hybridized carbons (Fsp3) is 0.300. The van der Waals surface area contributed by atoms with Crippen LogP contribution >= 0.6 is 0 Å². The fourth-order valence-corrected chi connectivity index (χ4v) is 3.69. The zero-order valence-electron chi connectivity index (χ0n) is 14.0. The number of hydrogen-bond acceptors (Lipinski definition) is 2. The number of carbonyl (C=O) groups excluding carboxylic acids is 2. The molecular weight excluding hydrogens is 300 g/mol. The van der Waals surface area contributed by atoms with Crippen LogP contribution in [0.3, 0.4) is 0 Å². The molecule has 4 heteroatoms. The SMILES string of the molecule is Cc1cccc(NC(=O)c2cc3c4c(c2)CC(=O)N4CCC3)c1C.